The first kappa shape index (κ1) is 23.1. The summed E-state index contributed by atoms with van der Waals surface area (Å²) in [5, 5.41) is 4.75. The van der Waals surface area contributed by atoms with Crippen LogP contribution >= 0.6 is 0 Å². The van der Waals surface area contributed by atoms with Crippen molar-refractivity contribution in [1.29, 1.82) is 0 Å². The third-order valence-corrected chi connectivity index (χ3v) is 7.93. The number of nitrogens with one attached hydrogen (secondary N) is 1. The number of nitrogens with zero attached hydrogens (tertiary/aromatic N) is 2. The number of amides is 1. The molecule has 0 saturated carbocycles. The summed E-state index contributed by atoms with van der Waals surface area (Å²) in [6.45, 7) is 2.51. The van der Waals surface area contributed by atoms with Gasteiger partial charge in [0.05, 0.1) is 12.9 Å². The van der Waals surface area contributed by atoms with Crippen LogP contribution in [0.1, 0.15) is 16.8 Å². The number of sulfonamides is 1. The summed E-state index contributed by atoms with van der Waals surface area (Å²) in [7, 11) is -1.73. The van der Waals surface area contributed by atoms with Crippen LogP contribution in [0.2, 0.25) is 0 Å². The monoisotopic (exact) mass is 467 g/mol. The lowest BCUT2D eigenvalue weighted by Gasteiger charge is -2.35. The number of carbonyl (C=O) groups excluding carboxylic acids is 1. The number of fused-ring (bicyclic) bond motifs is 1. The zero-order valence-corrected chi connectivity index (χ0v) is 19.6. The quantitative estimate of drug-likeness (QED) is 0.515. The number of methoxy groups -OCH3 is 1. The molecule has 0 atom stereocenters. The predicted molar refractivity (Wildman–Crippen MR) is 131 cm³/mol. The van der Waals surface area contributed by atoms with E-state index < -0.39 is 10.0 Å². The molecule has 0 bridgehead atoms. The van der Waals surface area contributed by atoms with Gasteiger partial charge in [0.25, 0.3) is 5.91 Å². The number of carbonyl (C=O) groups is 1. The molecule has 174 valence electrons. The van der Waals surface area contributed by atoms with E-state index in [0.717, 1.165) is 22.2 Å². The number of piperazine rings is 1. The highest BCUT2D eigenvalue weighted by molar-refractivity contribution is 7.89. The number of ether oxygens (including phenoxy) is 1. The summed E-state index contributed by atoms with van der Waals surface area (Å²) in [5.74, 6) is 0.635. The Bertz CT molecular complexity index is 1200. The molecule has 1 heterocycles. The van der Waals surface area contributed by atoms with Crippen molar-refractivity contribution >= 4 is 32.4 Å². The number of rotatable bonds is 8. The first-order chi connectivity index (χ1) is 16.0. The van der Waals surface area contributed by atoms with E-state index in [-0.39, 0.29) is 11.7 Å². The Labute approximate surface area is 195 Å². The normalized spacial score (nSPS) is 14.9. The molecule has 0 unspecified atom stereocenters. The van der Waals surface area contributed by atoms with E-state index in [9.17, 15) is 13.2 Å². The maximum atomic E-state index is 12.8. The number of benzene rings is 3. The van der Waals surface area contributed by atoms with Crippen molar-refractivity contribution in [2.75, 3.05) is 50.5 Å². The molecular formula is C25H29N3O4S. The smallest absolute Gasteiger partial charge is 0.251 e. The van der Waals surface area contributed by atoms with Crippen molar-refractivity contribution in [3.05, 3.63) is 72.3 Å². The van der Waals surface area contributed by atoms with E-state index in [0.29, 0.717) is 44.7 Å². The van der Waals surface area contributed by atoms with E-state index in [1.54, 1.807) is 17.5 Å². The van der Waals surface area contributed by atoms with Crippen molar-refractivity contribution in [3.8, 4) is 5.75 Å². The summed E-state index contributed by atoms with van der Waals surface area (Å²) in [5.41, 5.74) is 1.66. The van der Waals surface area contributed by atoms with Gasteiger partial charge in [-0.05, 0) is 47.5 Å². The van der Waals surface area contributed by atoms with Gasteiger partial charge >= 0.3 is 0 Å². The molecule has 0 radical (unpaired) electrons. The van der Waals surface area contributed by atoms with E-state index in [4.69, 9.17) is 4.74 Å². The number of anilines is 1. The molecule has 1 fully saturated rings. The zero-order valence-electron chi connectivity index (χ0n) is 18.7. The standard InChI is InChI=1S/C25H29N3O4S/c1-32-22-12-10-21(11-13-22)27-15-17-28(18-16-27)33(30,31)19-5-14-26-25(29)24-9-4-7-20-6-2-3-8-23(20)24/h2-4,6-13H,5,14-19H2,1H3,(H,26,29). The molecule has 0 aliphatic carbocycles. The van der Waals surface area contributed by atoms with Gasteiger partial charge < -0.3 is 15.0 Å². The summed E-state index contributed by atoms with van der Waals surface area (Å²) in [6.07, 6.45) is 0.373. The van der Waals surface area contributed by atoms with Crippen molar-refractivity contribution in [2.45, 2.75) is 6.42 Å². The van der Waals surface area contributed by atoms with Crippen LogP contribution in [0.3, 0.4) is 0 Å². The van der Waals surface area contributed by atoms with E-state index in [2.05, 4.69) is 10.2 Å². The highest BCUT2D eigenvalue weighted by Crippen LogP contribution is 2.21. The van der Waals surface area contributed by atoms with Crippen molar-refractivity contribution in [3.63, 3.8) is 0 Å². The van der Waals surface area contributed by atoms with Gasteiger partial charge in [-0.3, -0.25) is 4.79 Å². The molecule has 7 nitrogen and oxygen atoms in total. The number of hydrogen-bond donors (Lipinski definition) is 1. The van der Waals surface area contributed by atoms with Gasteiger partial charge in [0.1, 0.15) is 5.75 Å². The Morgan fingerprint density at radius 1 is 0.939 bits per heavy atom. The molecule has 0 aromatic heterocycles. The highest BCUT2D eigenvalue weighted by Gasteiger charge is 2.26. The Morgan fingerprint density at radius 2 is 1.64 bits per heavy atom. The predicted octanol–water partition coefficient (Wildman–Crippen LogP) is 3.12. The summed E-state index contributed by atoms with van der Waals surface area (Å²) in [4.78, 5) is 14.8. The van der Waals surface area contributed by atoms with Gasteiger partial charge in [0.2, 0.25) is 10.0 Å². The summed E-state index contributed by atoms with van der Waals surface area (Å²) in [6, 6.07) is 21.1. The molecule has 1 amide bonds. The SMILES string of the molecule is COc1ccc(N2CCN(S(=O)(=O)CCCNC(=O)c3cccc4ccccc34)CC2)cc1. The van der Waals surface area contributed by atoms with Crippen LogP contribution in [-0.2, 0) is 10.0 Å². The van der Waals surface area contributed by atoms with Crippen LogP contribution < -0.4 is 15.0 Å². The van der Waals surface area contributed by atoms with Gasteiger partial charge in [-0.15, -0.1) is 0 Å². The van der Waals surface area contributed by atoms with Gasteiger partial charge in [0, 0.05) is 44.0 Å². The molecule has 1 aliphatic heterocycles. The second-order valence-corrected chi connectivity index (χ2v) is 10.1. The highest BCUT2D eigenvalue weighted by atomic mass is 32.2. The minimum absolute atomic E-state index is 0.0192. The third-order valence-electron chi connectivity index (χ3n) is 5.97. The molecule has 3 aromatic rings. The Morgan fingerprint density at radius 3 is 2.36 bits per heavy atom. The van der Waals surface area contributed by atoms with Crippen molar-refractivity contribution in [2.24, 2.45) is 0 Å². The minimum Gasteiger partial charge on any atom is -0.497 e. The Balaban J connectivity index is 1.25. The molecule has 8 heteroatoms. The van der Waals surface area contributed by atoms with Gasteiger partial charge in [-0.25, -0.2) is 8.42 Å². The molecule has 1 aliphatic rings. The van der Waals surface area contributed by atoms with Crippen LogP contribution in [0.5, 0.6) is 5.75 Å². The molecule has 4 rings (SSSR count). The topological polar surface area (TPSA) is 79.0 Å². The summed E-state index contributed by atoms with van der Waals surface area (Å²) >= 11 is 0. The third kappa shape index (κ3) is 5.46. The maximum Gasteiger partial charge on any atom is 0.251 e. The van der Waals surface area contributed by atoms with Gasteiger partial charge in [0.15, 0.2) is 0 Å². The summed E-state index contributed by atoms with van der Waals surface area (Å²) < 4.78 is 32.3. The Kier molecular flexibility index (Phi) is 7.15. The maximum absolute atomic E-state index is 12.8. The lowest BCUT2D eigenvalue weighted by atomic mass is 10.0. The molecule has 3 aromatic carbocycles. The van der Waals surface area contributed by atoms with E-state index in [1.165, 1.54) is 0 Å². The van der Waals surface area contributed by atoms with Crippen molar-refractivity contribution in [1.82, 2.24) is 9.62 Å². The average molecular weight is 468 g/mol. The molecule has 0 spiro atoms. The molecular weight excluding hydrogens is 438 g/mol. The van der Waals surface area contributed by atoms with Crippen LogP contribution in [0.25, 0.3) is 10.8 Å². The second kappa shape index (κ2) is 10.2. The van der Waals surface area contributed by atoms with E-state index >= 15 is 0 Å². The fourth-order valence-electron chi connectivity index (χ4n) is 4.12. The molecule has 1 N–H and O–H groups in total. The Hall–Kier alpha value is -3.10. The number of hydrogen-bond acceptors (Lipinski definition) is 5. The average Bonchev–Trinajstić information content (AvgIpc) is 2.86. The first-order valence-corrected chi connectivity index (χ1v) is 12.7. The molecule has 33 heavy (non-hydrogen) atoms. The fraction of sp³-hybridized carbons (Fsp3) is 0.320. The van der Waals surface area contributed by atoms with E-state index in [1.807, 2.05) is 60.7 Å². The van der Waals surface area contributed by atoms with Crippen LogP contribution in [0.4, 0.5) is 5.69 Å². The zero-order chi connectivity index (χ0) is 23.3. The fourth-order valence-corrected chi connectivity index (χ4v) is 5.61. The van der Waals surface area contributed by atoms with Gasteiger partial charge in [-0.2, -0.15) is 4.31 Å². The lowest BCUT2D eigenvalue weighted by molar-refractivity contribution is 0.0955. The largest absolute Gasteiger partial charge is 0.497 e. The molecule has 1 saturated heterocycles. The lowest BCUT2D eigenvalue weighted by Crippen LogP contribution is -2.49. The van der Waals surface area contributed by atoms with Crippen LogP contribution in [0.15, 0.2) is 66.7 Å². The second-order valence-electron chi connectivity index (χ2n) is 8.04. The van der Waals surface area contributed by atoms with Crippen LogP contribution in [0, 0.1) is 0 Å². The van der Waals surface area contributed by atoms with Crippen LogP contribution in [-0.4, -0.2) is 64.2 Å². The van der Waals surface area contributed by atoms with Gasteiger partial charge in [-0.1, -0.05) is 36.4 Å². The first-order valence-electron chi connectivity index (χ1n) is 11.1. The van der Waals surface area contributed by atoms with Crippen molar-refractivity contribution < 1.29 is 17.9 Å². The minimum atomic E-state index is -3.36.